The van der Waals surface area contributed by atoms with E-state index in [1.807, 2.05) is 0 Å². The summed E-state index contributed by atoms with van der Waals surface area (Å²) < 4.78 is 6.69. The van der Waals surface area contributed by atoms with Gasteiger partial charge in [-0.2, -0.15) is 0 Å². The molecule has 0 aromatic rings. The fourth-order valence-electron chi connectivity index (χ4n) is 1.91. The maximum Gasteiger partial charge on any atom is 0.186 e. The van der Waals surface area contributed by atoms with Crippen LogP contribution >= 0.6 is 22.6 Å². The molecule has 0 N–H and O–H groups in total. The summed E-state index contributed by atoms with van der Waals surface area (Å²) in [5.41, 5.74) is 1.27. The topological polar surface area (TPSA) is 12.5 Å². The largest absolute Gasteiger partial charge is 0.473 e. The molecule has 1 aliphatic carbocycles. The maximum absolute atomic E-state index is 5.69. The lowest BCUT2D eigenvalue weighted by Crippen LogP contribution is -2.20. The Morgan fingerprint density at radius 1 is 1.53 bits per heavy atom. The Kier molecular flexibility index (Phi) is 3.66. The maximum atomic E-state index is 5.69. The molecule has 1 fully saturated rings. The van der Waals surface area contributed by atoms with Gasteiger partial charge in [0.05, 0.1) is 6.54 Å². The summed E-state index contributed by atoms with van der Waals surface area (Å²) in [5.74, 6) is 0.760. The quantitative estimate of drug-likeness (QED) is 0.561. The molecule has 0 aromatic heterocycles. The lowest BCUT2D eigenvalue weighted by molar-refractivity contribution is 0.185. The summed E-state index contributed by atoms with van der Waals surface area (Å²) in [6, 6.07) is 0. The minimum absolute atomic E-state index is 0.114. The molecule has 2 nitrogen and oxygen atoms in total. The highest BCUT2D eigenvalue weighted by molar-refractivity contribution is 14.1. The second kappa shape index (κ2) is 4.88. The number of halogens is 1. The summed E-state index contributed by atoms with van der Waals surface area (Å²) >= 11 is 2.35. The molecule has 0 radical (unpaired) electrons. The Bertz CT molecular complexity index is 406. The van der Waals surface area contributed by atoms with Crippen LogP contribution < -0.4 is 0 Å². The molecule has 3 heteroatoms. The van der Waals surface area contributed by atoms with Crippen LogP contribution in [0.4, 0.5) is 0 Å². The van der Waals surface area contributed by atoms with E-state index in [4.69, 9.17) is 4.74 Å². The summed E-state index contributed by atoms with van der Waals surface area (Å²) in [6.07, 6.45) is 11.1. The first-order valence-electron chi connectivity index (χ1n) is 5.80. The number of rotatable bonds is 2. The predicted octanol–water partition coefficient (Wildman–Crippen LogP) is 3.63. The number of nitrogens with zero attached hydrogens (tertiary/aromatic N) is 1. The van der Waals surface area contributed by atoms with Crippen molar-refractivity contribution < 1.29 is 4.74 Å². The van der Waals surface area contributed by atoms with Gasteiger partial charge in [-0.05, 0) is 18.7 Å². The molecule has 1 heterocycles. The minimum Gasteiger partial charge on any atom is -0.473 e. The van der Waals surface area contributed by atoms with Crippen LogP contribution in [0.25, 0.3) is 0 Å². The molecule has 1 atom stereocenters. The van der Waals surface area contributed by atoms with Gasteiger partial charge in [-0.15, -0.1) is 0 Å². The van der Waals surface area contributed by atoms with Crippen molar-refractivity contribution in [1.29, 1.82) is 0 Å². The number of hydrogen-bond acceptors (Lipinski definition) is 2. The van der Waals surface area contributed by atoms with Crippen LogP contribution in [0.5, 0.6) is 0 Å². The fourth-order valence-corrected chi connectivity index (χ4v) is 2.37. The number of hydrogen-bond donors (Lipinski definition) is 0. The summed E-state index contributed by atoms with van der Waals surface area (Å²) in [4.78, 5) is 2.14. The first-order valence-corrected chi connectivity index (χ1v) is 7.32. The van der Waals surface area contributed by atoms with Gasteiger partial charge in [0.1, 0.15) is 6.10 Å². The zero-order valence-electron chi connectivity index (χ0n) is 10.3. The van der Waals surface area contributed by atoms with E-state index in [9.17, 15) is 0 Å². The van der Waals surface area contributed by atoms with Crippen LogP contribution in [0.15, 0.2) is 48.5 Å². The Balaban J connectivity index is 2.17. The highest BCUT2D eigenvalue weighted by atomic mass is 127. The van der Waals surface area contributed by atoms with Gasteiger partial charge in [0.15, 0.2) is 5.88 Å². The van der Waals surface area contributed by atoms with Crippen LogP contribution in [0, 0.1) is 5.41 Å². The average molecular weight is 343 g/mol. The summed E-state index contributed by atoms with van der Waals surface area (Å²) in [7, 11) is 0. The molecule has 0 saturated carbocycles. The third-order valence-electron chi connectivity index (χ3n) is 2.95. The molecule has 0 amide bonds. The van der Waals surface area contributed by atoms with Crippen molar-refractivity contribution in [3.8, 4) is 0 Å². The third-order valence-corrected chi connectivity index (χ3v) is 3.93. The van der Waals surface area contributed by atoms with Gasteiger partial charge in [0.2, 0.25) is 0 Å². The van der Waals surface area contributed by atoms with Crippen molar-refractivity contribution in [1.82, 2.24) is 4.90 Å². The lowest BCUT2D eigenvalue weighted by atomic mass is 9.93. The Morgan fingerprint density at radius 3 is 2.94 bits per heavy atom. The smallest absolute Gasteiger partial charge is 0.186 e. The number of ether oxygens (including phenoxy) is 1. The summed E-state index contributed by atoms with van der Waals surface area (Å²) in [5, 5.41) is 0. The second-order valence-electron chi connectivity index (χ2n) is 5.00. The van der Waals surface area contributed by atoms with E-state index in [1.54, 1.807) is 0 Å². The van der Waals surface area contributed by atoms with Gasteiger partial charge in [-0.3, -0.25) is 0 Å². The molecule has 0 spiro atoms. The molecule has 92 valence electrons. The summed E-state index contributed by atoms with van der Waals surface area (Å²) in [6.45, 7) is 9.26. The Morgan fingerprint density at radius 2 is 2.29 bits per heavy atom. The highest BCUT2D eigenvalue weighted by Crippen LogP contribution is 2.29. The van der Waals surface area contributed by atoms with Gasteiger partial charge >= 0.3 is 0 Å². The lowest BCUT2D eigenvalue weighted by Gasteiger charge is -2.17. The van der Waals surface area contributed by atoms with E-state index >= 15 is 0 Å². The highest BCUT2D eigenvalue weighted by Gasteiger charge is 2.27. The Labute approximate surface area is 117 Å². The monoisotopic (exact) mass is 343 g/mol. The second-order valence-corrected chi connectivity index (χ2v) is 5.88. The van der Waals surface area contributed by atoms with Crippen LogP contribution in [0.2, 0.25) is 0 Å². The van der Waals surface area contributed by atoms with Gasteiger partial charge in [0.25, 0.3) is 0 Å². The SMILES string of the molecule is C=C1OC(CI)CN1C1=CC=CC(C)(C)C=C1. The molecule has 2 aliphatic rings. The van der Waals surface area contributed by atoms with E-state index < -0.39 is 0 Å². The van der Waals surface area contributed by atoms with Crippen molar-refractivity contribution in [2.45, 2.75) is 20.0 Å². The van der Waals surface area contributed by atoms with Crippen LogP contribution in [0.3, 0.4) is 0 Å². The standard InChI is InChI=1S/C14H18INO/c1-11-16(10-13(9-15)17-11)12-5-4-7-14(2,3)8-6-12/h4-8,13H,1,9-10H2,2-3H3. The number of allylic oxidation sites excluding steroid dienone is 5. The predicted molar refractivity (Wildman–Crippen MR) is 79.8 cm³/mol. The molecule has 17 heavy (non-hydrogen) atoms. The van der Waals surface area contributed by atoms with Gasteiger partial charge in [-0.25, -0.2) is 0 Å². The molecule has 0 bridgehead atoms. The van der Waals surface area contributed by atoms with E-state index in [0.29, 0.717) is 0 Å². The van der Waals surface area contributed by atoms with Crippen molar-refractivity contribution >= 4 is 22.6 Å². The first-order chi connectivity index (χ1) is 8.02. The van der Waals surface area contributed by atoms with Gasteiger partial charge < -0.3 is 9.64 Å². The van der Waals surface area contributed by atoms with Crippen LogP contribution in [-0.4, -0.2) is 22.0 Å². The average Bonchev–Trinajstić information content (AvgIpc) is 2.55. The van der Waals surface area contributed by atoms with Crippen molar-refractivity contribution in [2.75, 3.05) is 11.0 Å². The van der Waals surface area contributed by atoms with Crippen LogP contribution in [0.1, 0.15) is 13.8 Å². The molecule has 2 rings (SSSR count). The zero-order valence-corrected chi connectivity index (χ0v) is 12.5. The molecular weight excluding hydrogens is 325 g/mol. The molecule has 0 aromatic carbocycles. The molecular formula is C14H18INO. The van der Waals surface area contributed by atoms with E-state index in [0.717, 1.165) is 22.6 Å². The van der Waals surface area contributed by atoms with Crippen molar-refractivity contribution in [3.05, 3.63) is 48.5 Å². The third kappa shape index (κ3) is 2.94. The van der Waals surface area contributed by atoms with E-state index in [-0.39, 0.29) is 11.5 Å². The Hall–Kier alpha value is -0.710. The molecule has 1 saturated heterocycles. The molecule has 1 aliphatic heterocycles. The van der Waals surface area contributed by atoms with Crippen molar-refractivity contribution in [3.63, 3.8) is 0 Å². The normalized spacial score (nSPS) is 26.8. The number of alkyl halides is 1. The van der Waals surface area contributed by atoms with Gasteiger partial charge in [0, 0.05) is 15.5 Å². The minimum atomic E-state index is 0.114. The van der Waals surface area contributed by atoms with E-state index in [2.05, 4.69) is 78.3 Å². The first kappa shape index (κ1) is 12.7. The van der Waals surface area contributed by atoms with Crippen LogP contribution in [-0.2, 0) is 4.74 Å². The fraction of sp³-hybridized carbons (Fsp3) is 0.429. The van der Waals surface area contributed by atoms with Gasteiger partial charge in [-0.1, -0.05) is 54.7 Å². The van der Waals surface area contributed by atoms with E-state index in [1.165, 1.54) is 0 Å². The zero-order chi connectivity index (χ0) is 12.5. The van der Waals surface area contributed by atoms with Crippen molar-refractivity contribution in [2.24, 2.45) is 5.41 Å². The molecule has 1 unspecified atom stereocenters.